The van der Waals surface area contributed by atoms with Crippen LogP contribution in [-0.4, -0.2) is 37.9 Å². The van der Waals surface area contributed by atoms with Crippen LogP contribution in [0.15, 0.2) is 18.2 Å². The number of carbonyl (C=O) groups excluding carboxylic acids is 1. The Balaban J connectivity index is 1.65. The van der Waals surface area contributed by atoms with Crippen molar-refractivity contribution in [3.05, 3.63) is 33.8 Å². The first kappa shape index (κ1) is 23.8. The van der Waals surface area contributed by atoms with Crippen molar-refractivity contribution in [1.29, 1.82) is 0 Å². The Morgan fingerprint density at radius 3 is 2.36 bits per heavy atom. The molecular weight excluding hydrogens is 439 g/mol. The Morgan fingerprint density at radius 1 is 1.18 bits per heavy atom. The molecule has 1 amide bonds. The van der Waals surface area contributed by atoms with Crippen LogP contribution >= 0.6 is 35.0 Å². The molecule has 1 saturated carbocycles. The Labute approximate surface area is 182 Å². The van der Waals surface area contributed by atoms with Crippen molar-refractivity contribution in [2.75, 3.05) is 12.3 Å². The predicted molar refractivity (Wildman–Crippen MR) is 119 cm³/mol. The topological polar surface area (TPSA) is 75.3 Å². The lowest BCUT2D eigenvalue weighted by Gasteiger charge is -2.28. The van der Waals surface area contributed by atoms with Crippen molar-refractivity contribution >= 4 is 50.9 Å². The molecule has 1 aliphatic carbocycles. The molecule has 0 bridgehead atoms. The molecule has 1 aromatic carbocycles. The number of hydrogen-bond acceptors (Lipinski definition) is 4. The molecular formula is C19H28Cl2N2O3S2. The molecule has 2 N–H and O–H groups in total. The summed E-state index contributed by atoms with van der Waals surface area (Å²) in [5.41, 5.74) is 0.921. The molecule has 0 saturated heterocycles. The van der Waals surface area contributed by atoms with Gasteiger partial charge in [-0.1, -0.05) is 29.3 Å². The smallest absolute Gasteiger partial charge is 0.223 e. The lowest BCUT2D eigenvalue weighted by atomic mass is 9.86. The highest BCUT2D eigenvalue weighted by atomic mass is 35.5. The summed E-state index contributed by atoms with van der Waals surface area (Å²) in [4.78, 5) is 12.3. The molecule has 0 radical (unpaired) electrons. The van der Waals surface area contributed by atoms with Gasteiger partial charge in [-0.05, 0) is 57.2 Å². The minimum atomic E-state index is -3.26. The minimum absolute atomic E-state index is 0.0391. The molecule has 1 aromatic rings. The maximum Gasteiger partial charge on any atom is 0.223 e. The van der Waals surface area contributed by atoms with Gasteiger partial charge in [0.2, 0.25) is 15.9 Å². The Bertz CT molecular complexity index is 744. The third-order valence-electron chi connectivity index (χ3n) is 4.90. The molecule has 0 spiro atoms. The van der Waals surface area contributed by atoms with E-state index in [1.54, 1.807) is 25.6 Å². The Morgan fingerprint density at radius 2 is 1.79 bits per heavy atom. The second-order valence-electron chi connectivity index (χ2n) is 7.30. The van der Waals surface area contributed by atoms with Gasteiger partial charge in [0.1, 0.15) is 0 Å². The zero-order chi connectivity index (χ0) is 20.7. The van der Waals surface area contributed by atoms with E-state index in [0.717, 1.165) is 11.3 Å². The molecule has 158 valence electrons. The van der Waals surface area contributed by atoms with E-state index in [-0.39, 0.29) is 17.9 Å². The number of sulfonamides is 1. The lowest BCUT2D eigenvalue weighted by Crippen LogP contribution is -2.43. The van der Waals surface area contributed by atoms with Crippen LogP contribution in [0.25, 0.3) is 0 Å². The first-order valence-electron chi connectivity index (χ1n) is 9.50. The fourth-order valence-electron chi connectivity index (χ4n) is 3.08. The second-order valence-corrected chi connectivity index (χ2v) is 11.5. The van der Waals surface area contributed by atoms with E-state index >= 15 is 0 Å². The van der Waals surface area contributed by atoms with Gasteiger partial charge >= 0.3 is 0 Å². The van der Waals surface area contributed by atoms with Gasteiger partial charge in [-0.2, -0.15) is 11.8 Å². The van der Waals surface area contributed by atoms with E-state index in [4.69, 9.17) is 23.2 Å². The van der Waals surface area contributed by atoms with Gasteiger partial charge in [-0.15, -0.1) is 0 Å². The number of halogens is 2. The molecule has 0 aromatic heterocycles. The molecule has 5 nitrogen and oxygen atoms in total. The van der Waals surface area contributed by atoms with Gasteiger partial charge in [0.15, 0.2) is 0 Å². The maximum absolute atomic E-state index is 12.3. The third kappa shape index (κ3) is 7.10. The number of hydrogen-bond donors (Lipinski definition) is 2. The van der Waals surface area contributed by atoms with Crippen molar-refractivity contribution in [3.63, 3.8) is 0 Å². The van der Waals surface area contributed by atoms with Crippen LogP contribution in [-0.2, 0) is 20.6 Å². The third-order valence-corrected chi connectivity index (χ3v) is 8.50. The van der Waals surface area contributed by atoms with E-state index in [0.29, 0.717) is 48.0 Å². The minimum Gasteiger partial charge on any atom is -0.355 e. The highest BCUT2D eigenvalue weighted by Crippen LogP contribution is 2.28. The number of benzene rings is 1. The summed E-state index contributed by atoms with van der Waals surface area (Å²) >= 11 is 14.0. The van der Waals surface area contributed by atoms with E-state index in [2.05, 4.69) is 10.0 Å². The maximum atomic E-state index is 12.3. The van der Waals surface area contributed by atoms with Gasteiger partial charge in [-0.25, -0.2) is 13.1 Å². The van der Waals surface area contributed by atoms with Crippen LogP contribution in [0.5, 0.6) is 0 Å². The van der Waals surface area contributed by atoms with Gasteiger partial charge in [0, 0.05) is 40.1 Å². The van der Waals surface area contributed by atoms with Crippen LogP contribution in [0.3, 0.4) is 0 Å². The van der Waals surface area contributed by atoms with Crippen molar-refractivity contribution in [3.8, 4) is 0 Å². The number of amides is 1. The monoisotopic (exact) mass is 466 g/mol. The summed E-state index contributed by atoms with van der Waals surface area (Å²) in [6.07, 6.45) is 2.81. The number of nitrogens with one attached hydrogen (secondary N) is 2. The summed E-state index contributed by atoms with van der Waals surface area (Å²) in [5.74, 6) is 1.50. The van der Waals surface area contributed by atoms with Crippen LogP contribution < -0.4 is 10.0 Å². The summed E-state index contributed by atoms with van der Waals surface area (Å²) in [7, 11) is -3.26. The van der Waals surface area contributed by atoms with Gasteiger partial charge < -0.3 is 5.32 Å². The summed E-state index contributed by atoms with van der Waals surface area (Å²) < 4.78 is 26.7. The second kappa shape index (κ2) is 11.1. The summed E-state index contributed by atoms with van der Waals surface area (Å²) in [6, 6.07) is 5.40. The van der Waals surface area contributed by atoms with E-state index < -0.39 is 15.3 Å². The molecule has 0 atom stereocenters. The average molecular weight is 467 g/mol. The van der Waals surface area contributed by atoms with E-state index in [1.807, 2.05) is 18.2 Å². The Kier molecular flexibility index (Phi) is 9.41. The van der Waals surface area contributed by atoms with Crippen molar-refractivity contribution in [2.24, 2.45) is 5.92 Å². The van der Waals surface area contributed by atoms with Crippen molar-refractivity contribution in [1.82, 2.24) is 10.0 Å². The highest BCUT2D eigenvalue weighted by molar-refractivity contribution is 7.98. The number of thioether (sulfide) groups is 1. The molecule has 9 heteroatoms. The molecule has 1 aliphatic rings. The van der Waals surface area contributed by atoms with Gasteiger partial charge in [0.25, 0.3) is 0 Å². The fourth-order valence-corrected chi connectivity index (χ4v) is 5.64. The molecule has 0 heterocycles. The molecule has 2 rings (SSSR count). The number of rotatable bonds is 9. The lowest BCUT2D eigenvalue weighted by molar-refractivity contribution is -0.125. The first-order valence-corrected chi connectivity index (χ1v) is 13.0. The summed E-state index contributed by atoms with van der Waals surface area (Å²) in [5, 5.41) is 3.87. The molecule has 1 fully saturated rings. The highest BCUT2D eigenvalue weighted by Gasteiger charge is 2.29. The van der Waals surface area contributed by atoms with E-state index in [9.17, 15) is 13.2 Å². The van der Waals surface area contributed by atoms with Crippen molar-refractivity contribution < 1.29 is 13.2 Å². The first-order chi connectivity index (χ1) is 13.2. The fraction of sp³-hybridized carbons (Fsp3) is 0.632. The van der Waals surface area contributed by atoms with Crippen LogP contribution in [0, 0.1) is 5.92 Å². The number of carbonyl (C=O) groups is 1. The van der Waals surface area contributed by atoms with Gasteiger partial charge in [-0.3, -0.25) is 4.79 Å². The Hall–Kier alpha value is -0.470. The van der Waals surface area contributed by atoms with Crippen molar-refractivity contribution in [2.45, 2.75) is 56.6 Å². The molecule has 0 aliphatic heterocycles. The zero-order valence-electron chi connectivity index (χ0n) is 16.2. The van der Waals surface area contributed by atoms with Gasteiger partial charge in [0.05, 0.1) is 5.25 Å². The molecule has 28 heavy (non-hydrogen) atoms. The summed E-state index contributed by atoms with van der Waals surface area (Å²) in [6.45, 7) is 3.92. The SMILES string of the molecule is CC(C)S(=O)(=O)NC1CCC(C(=O)NCCSCc2c(Cl)cccc2Cl)CC1. The van der Waals surface area contributed by atoms with Crippen LogP contribution in [0.4, 0.5) is 0 Å². The normalized spacial score (nSPS) is 20.3. The average Bonchev–Trinajstić information content (AvgIpc) is 2.63. The van der Waals surface area contributed by atoms with Crippen LogP contribution in [0.1, 0.15) is 45.1 Å². The standard InChI is InChI=1S/C19H28Cl2N2O3S2/c1-13(2)28(25,26)23-15-8-6-14(7-9-15)19(24)22-10-11-27-12-16-17(20)4-3-5-18(16)21/h3-5,13-15,23H,6-12H2,1-2H3,(H,22,24). The quantitative estimate of drug-likeness (QED) is 0.533. The molecule has 0 unspecified atom stereocenters. The van der Waals surface area contributed by atoms with Crippen LogP contribution in [0.2, 0.25) is 10.0 Å². The predicted octanol–water partition coefficient (Wildman–Crippen LogP) is 4.23. The zero-order valence-corrected chi connectivity index (χ0v) is 19.4. The van der Waals surface area contributed by atoms with E-state index in [1.165, 1.54) is 0 Å². The largest absolute Gasteiger partial charge is 0.355 e.